The van der Waals surface area contributed by atoms with Crippen LogP contribution < -0.4 is 5.32 Å². The van der Waals surface area contributed by atoms with Crippen LogP contribution in [-0.4, -0.2) is 16.9 Å². The lowest BCUT2D eigenvalue weighted by Gasteiger charge is -2.04. The Morgan fingerprint density at radius 3 is 2.79 bits per heavy atom. The van der Waals surface area contributed by atoms with Gasteiger partial charge in [-0.1, -0.05) is 0 Å². The third kappa shape index (κ3) is 1.92. The number of carbonyl (C=O) groups is 1. The maximum absolute atomic E-state index is 11.6. The number of amides is 1. The number of hydrogen-bond acceptors (Lipinski definition) is 2. The van der Waals surface area contributed by atoms with Crippen LogP contribution in [0.2, 0.25) is 0 Å². The Bertz CT molecular complexity index is 370. The van der Waals surface area contributed by atoms with Crippen LogP contribution in [0.1, 0.15) is 34.5 Å². The molecule has 2 rings (SSSR count). The molecule has 1 amide bonds. The summed E-state index contributed by atoms with van der Waals surface area (Å²) in [4.78, 5) is 15.8. The zero-order valence-electron chi connectivity index (χ0n) is 8.50. The molecule has 0 atom stereocenters. The van der Waals surface area contributed by atoms with Crippen molar-refractivity contribution in [1.82, 2.24) is 10.3 Å². The van der Waals surface area contributed by atoms with E-state index in [0.717, 1.165) is 24.1 Å². The smallest absolute Gasteiger partial charge is 0.253 e. The van der Waals surface area contributed by atoms with Gasteiger partial charge in [-0.05, 0) is 38.3 Å². The third-order valence-corrected chi connectivity index (χ3v) is 2.51. The lowest BCUT2D eigenvalue weighted by Crippen LogP contribution is -2.25. The van der Waals surface area contributed by atoms with Crippen molar-refractivity contribution in [2.24, 2.45) is 0 Å². The first-order valence-electron chi connectivity index (χ1n) is 4.91. The minimum Gasteiger partial charge on any atom is -0.349 e. The lowest BCUT2D eigenvalue weighted by molar-refractivity contribution is 0.0950. The van der Waals surface area contributed by atoms with E-state index in [4.69, 9.17) is 0 Å². The molecule has 0 aromatic carbocycles. The highest BCUT2D eigenvalue weighted by Gasteiger charge is 2.23. The molecule has 3 heteroatoms. The number of nitrogens with one attached hydrogen (secondary N) is 1. The van der Waals surface area contributed by atoms with E-state index < -0.39 is 0 Å². The average molecular weight is 190 g/mol. The van der Waals surface area contributed by atoms with E-state index in [0.29, 0.717) is 11.6 Å². The molecule has 3 nitrogen and oxygen atoms in total. The van der Waals surface area contributed by atoms with Gasteiger partial charge < -0.3 is 5.32 Å². The summed E-state index contributed by atoms with van der Waals surface area (Å²) >= 11 is 0. The number of carbonyl (C=O) groups excluding carboxylic acids is 1. The standard InChI is InChI=1S/C11H14N2O/c1-7-5-9(6-12-8(7)2)11(14)13-10-3-4-10/h5-6,10H,3-4H2,1-2H3,(H,13,14). The predicted molar refractivity (Wildman–Crippen MR) is 54.2 cm³/mol. The average Bonchev–Trinajstić information content (AvgIpc) is 2.93. The highest BCUT2D eigenvalue weighted by molar-refractivity contribution is 5.94. The van der Waals surface area contributed by atoms with Gasteiger partial charge in [-0.3, -0.25) is 9.78 Å². The first kappa shape index (κ1) is 9.19. The minimum atomic E-state index is 0.00287. The molecule has 1 aromatic rings. The van der Waals surface area contributed by atoms with Gasteiger partial charge in [0.15, 0.2) is 0 Å². The van der Waals surface area contributed by atoms with Crippen LogP contribution in [0, 0.1) is 13.8 Å². The van der Waals surface area contributed by atoms with Gasteiger partial charge in [0.25, 0.3) is 5.91 Å². The van der Waals surface area contributed by atoms with E-state index >= 15 is 0 Å². The van der Waals surface area contributed by atoms with Crippen molar-refractivity contribution in [2.45, 2.75) is 32.7 Å². The van der Waals surface area contributed by atoms with Crippen molar-refractivity contribution in [1.29, 1.82) is 0 Å². The van der Waals surface area contributed by atoms with E-state index in [1.54, 1.807) is 6.20 Å². The molecule has 0 aliphatic heterocycles. The van der Waals surface area contributed by atoms with Crippen LogP contribution >= 0.6 is 0 Å². The molecular weight excluding hydrogens is 176 g/mol. The van der Waals surface area contributed by atoms with Crippen molar-refractivity contribution < 1.29 is 4.79 Å². The monoisotopic (exact) mass is 190 g/mol. The number of aromatic nitrogens is 1. The van der Waals surface area contributed by atoms with Crippen LogP contribution in [-0.2, 0) is 0 Å². The molecule has 1 saturated carbocycles. The van der Waals surface area contributed by atoms with Crippen molar-refractivity contribution >= 4 is 5.91 Å². The largest absolute Gasteiger partial charge is 0.349 e. The fourth-order valence-electron chi connectivity index (χ4n) is 1.26. The predicted octanol–water partition coefficient (Wildman–Crippen LogP) is 1.59. The quantitative estimate of drug-likeness (QED) is 0.769. The highest BCUT2D eigenvalue weighted by atomic mass is 16.1. The Labute approximate surface area is 83.5 Å². The molecule has 1 aromatic heterocycles. The third-order valence-electron chi connectivity index (χ3n) is 2.51. The second-order valence-corrected chi connectivity index (χ2v) is 3.87. The molecule has 14 heavy (non-hydrogen) atoms. The van der Waals surface area contributed by atoms with E-state index in [-0.39, 0.29) is 5.91 Å². The van der Waals surface area contributed by atoms with Crippen LogP contribution in [0.5, 0.6) is 0 Å². The van der Waals surface area contributed by atoms with Crippen LogP contribution in [0.4, 0.5) is 0 Å². The Morgan fingerprint density at radius 2 is 2.21 bits per heavy atom. The van der Waals surface area contributed by atoms with E-state index in [1.807, 2.05) is 19.9 Å². The van der Waals surface area contributed by atoms with Gasteiger partial charge in [0.2, 0.25) is 0 Å². The number of hydrogen-bond donors (Lipinski definition) is 1. The zero-order chi connectivity index (χ0) is 10.1. The number of aryl methyl sites for hydroxylation is 2. The Balaban J connectivity index is 2.14. The van der Waals surface area contributed by atoms with Crippen molar-refractivity contribution in [3.8, 4) is 0 Å². The maximum Gasteiger partial charge on any atom is 0.253 e. The van der Waals surface area contributed by atoms with Crippen molar-refractivity contribution in [2.75, 3.05) is 0 Å². The van der Waals surface area contributed by atoms with Crippen LogP contribution in [0.25, 0.3) is 0 Å². The second-order valence-electron chi connectivity index (χ2n) is 3.87. The van der Waals surface area contributed by atoms with Crippen molar-refractivity contribution in [3.05, 3.63) is 29.1 Å². The molecule has 0 bridgehead atoms. The summed E-state index contributed by atoms with van der Waals surface area (Å²) in [6.07, 6.45) is 3.87. The summed E-state index contributed by atoms with van der Waals surface area (Å²) in [5.41, 5.74) is 2.71. The summed E-state index contributed by atoms with van der Waals surface area (Å²) in [5.74, 6) is 0.00287. The number of pyridine rings is 1. The topological polar surface area (TPSA) is 42.0 Å². The molecule has 1 fully saturated rings. The fraction of sp³-hybridized carbons (Fsp3) is 0.455. The molecule has 0 radical (unpaired) electrons. The van der Waals surface area contributed by atoms with E-state index in [1.165, 1.54) is 0 Å². The van der Waals surface area contributed by atoms with Crippen LogP contribution in [0.3, 0.4) is 0 Å². The van der Waals surface area contributed by atoms with Gasteiger partial charge in [-0.25, -0.2) is 0 Å². The SMILES string of the molecule is Cc1cc(C(=O)NC2CC2)cnc1C. The molecule has 74 valence electrons. The zero-order valence-corrected chi connectivity index (χ0v) is 8.50. The summed E-state index contributed by atoms with van der Waals surface area (Å²) in [6, 6.07) is 2.30. The van der Waals surface area contributed by atoms with E-state index in [9.17, 15) is 4.79 Å². The van der Waals surface area contributed by atoms with Gasteiger partial charge >= 0.3 is 0 Å². The molecular formula is C11H14N2O. The fourth-order valence-corrected chi connectivity index (χ4v) is 1.26. The maximum atomic E-state index is 11.6. The number of rotatable bonds is 2. The Hall–Kier alpha value is -1.38. The van der Waals surface area contributed by atoms with E-state index in [2.05, 4.69) is 10.3 Å². The normalized spacial score (nSPS) is 15.3. The first-order valence-corrected chi connectivity index (χ1v) is 4.91. The lowest BCUT2D eigenvalue weighted by atomic mass is 10.1. The Morgan fingerprint density at radius 1 is 1.50 bits per heavy atom. The second kappa shape index (κ2) is 3.40. The molecule has 1 N–H and O–H groups in total. The number of nitrogens with zero attached hydrogens (tertiary/aromatic N) is 1. The first-order chi connectivity index (χ1) is 6.66. The Kier molecular flexibility index (Phi) is 2.23. The van der Waals surface area contributed by atoms with Crippen molar-refractivity contribution in [3.63, 3.8) is 0 Å². The molecule has 1 aliphatic carbocycles. The molecule has 0 unspecified atom stereocenters. The summed E-state index contributed by atoms with van der Waals surface area (Å²) in [5, 5.41) is 2.94. The summed E-state index contributed by atoms with van der Waals surface area (Å²) < 4.78 is 0. The molecule has 1 heterocycles. The van der Waals surface area contributed by atoms with Gasteiger partial charge in [-0.2, -0.15) is 0 Å². The molecule has 1 aliphatic rings. The van der Waals surface area contributed by atoms with Crippen LogP contribution in [0.15, 0.2) is 12.3 Å². The van der Waals surface area contributed by atoms with Gasteiger partial charge in [-0.15, -0.1) is 0 Å². The summed E-state index contributed by atoms with van der Waals surface area (Å²) in [7, 11) is 0. The minimum absolute atomic E-state index is 0.00287. The highest BCUT2D eigenvalue weighted by Crippen LogP contribution is 2.19. The molecule has 0 saturated heterocycles. The van der Waals surface area contributed by atoms with Gasteiger partial charge in [0.1, 0.15) is 0 Å². The van der Waals surface area contributed by atoms with Gasteiger partial charge in [0, 0.05) is 17.9 Å². The molecule has 0 spiro atoms. The van der Waals surface area contributed by atoms with Gasteiger partial charge in [0.05, 0.1) is 5.56 Å². The summed E-state index contributed by atoms with van der Waals surface area (Å²) in [6.45, 7) is 3.91.